The molecule has 132 valence electrons. The van der Waals surface area contributed by atoms with Crippen LogP contribution in [0.2, 0.25) is 0 Å². The zero-order chi connectivity index (χ0) is 17.6. The highest BCUT2D eigenvalue weighted by molar-refractivity contribution is 5.75. The van der Waals surface area contributed by atoms with Gasteiger partial charge in [0.1, 0.15) is 5.75 Å². The number of H-pyrrole nitrogens is 1. The molecule has 1 aromatic heterocycles. The fourth-order valence-corrected chi connectivity index (χ4v) is 2.92. The zero-order valence-electron chi connectivity index (χ0n) is 13.9. The average Bonchev–Trinajstić information content (AvgIpc) is 2.81. The van der Waals surface area contributed by atoms with Crippen molar-refractivity contribution in [1.29, 1.82) is 0 Å². The summed E-state index contributed by atoms with van der Waals surface area (Å²) in [6.45, 7) is 1.46. The molecular weight excluding hydrogens is 322 g/mol. The molecule has 0 saturated carbocycles. The maximum Gasteiger partial charge on any atom is 0.328 e. The van der Waals surface area contributed by atoms with Gasteiger partial charge in [0.05, 0.1) is 6.61 Å². The van der Waals surface area contributed by atoms with Gasteiger partial charge in [-0.1, -0.05) is 18.2 Å². The van der Waals surface area contributed by atoms with Gasteiger partial charge in [0, 0.05) is 31.8 Å². The summed E-state index contributed by atoms with van der Waals surface area (Å²) in [5.74, 6) is 1.13. The second-order valence-electron chi connectivity index (χ2n) is 6.17. The smallest absolute Gasteiger partial charge is 0.328 e. The minimum absolute atomic E-state index is 0.114. The first-order valence-corrected chi connectivity index (χ1v) is 8.39. The molecule has 0 spiro atoms. The molecule has 1 aliphatic heterocycles. The number of nitrogens with zero attached hydrogens (tertiary/aromatic N) is 1. The molecule has 0 radical (unpaired) electrons. The number of hydrogen-bond acceptors (Lipinski definition) is 4. The standard InChI is InChI=1S/C18H21N3O4/c22-16(5-8-21-9-6-17(23)20-18(21)24)19-12-13-7-10-25-15-4-2-1-3-14(15)11-13/h1-4,6,9,13H,5,7-8,10-12H2,(H,19,22)(H,20,23,24)/t13-/m1/s1. The quantitative estimate of drug-likeness (QED) is 0.835. The van der Waals surface area contributed by atoms with Crippen LogP contribution in [0.15, 0.2) is 46.1 Å². The Hall–Kier alpha value is -2.83. The van der Waals surface area contributed by atoms with Gasteiger partial charge in [-0.3, -0.25) is 14.6 Å². The van der Waals surface area contributed by atoms with Crippen molar-refractivity contribution >= 4 is 5.91 Å². The summed E-state index contributed by atoms with van der Waals surface area (Å²) in [6.07, 6.45) is 3.34. The molecule has 3 rings (SSSR count). The molecule has 7 heteroatoms. The summed E-state index contributed by atoms with van der Waals surface area (Å²) in [6, 6.07) is 9.24. The third-order valence-corrected chi connectivity index (χ3v) is 4.33. The summed E-state index contributed by atoms with van der Waals surface area (Å²) < 4.78 is 7.05. The third-order valence-electron chi connectivity index (χ3n) is 4.33. The number of benzene rings is 1. The van der Waals surface area contributed by atoms with E-state index in [4.69, 9.17) is 4.74 Å². The molecule has 1 atom stereocenters. The van der Waals surface area contributed by atoms with Gasteiger partial charge >= 0.3 is 5.69 Å². The number of aromatic amines is 1. The van der Waals surface area contributed by atoms with Crippen molar-refractivity contribution in [3.05, 3.63) is 62.9 Å². The zero-order valence-corrected chi connectivity index (χ0v) is 13.9. The first kappa shape index (κ1) is 17.0. The summed E-state index contributed by atoms with van der Waals surface area (Å²) in [7, 11) is 0. The molecule has 0 bridgehead atoms. The Labute approximate surface area is 144 Å². The highest BCUT2D eigenvalue weighted by Gasteiger charge is 2.18. The Balaban J connectivity index is 1.49. The molecule has 0 fully saturated rings. The first-order chi connectivity index (χ1) is 12.1. The lowest BCUT2D eigenvalue weighted by atomic mass is 9.97. The Morgan fingerprint density at radius 1 is 1.28 bits per heavy atom. The van der Waals surface area contributed by atoms with Crippen LogP contribution in [0.4, 0.5) is 0 Å². The lowest BCUT2D eigenvalue weighted by Crippen LogP contribution is -2.33. The van der Waals surface area contributed by atoms with E-state index in [0.717, 1.165) is 18.6 Å². The van der Waals surface area contributed by atoms with E-state index in [0.29, 0.717) is 19.1 Å². The van der Waals surface area contributed by atoms with Crippen LogP contribution in [0, 0.1) is 5.92 Å². The average molecular weight is 343 g/mol. The van der Waals surface area contributed by atoms with E-state index in [2.05, 4.69) is 16.4 Å². The summed E-state index contributed by atoms with van der Waals surface area (Å²) in [5, 5.41) is 2.93. The number of amides is 1. The van der Waals surface area contributed by atoms with E-state index < -0.39 is 11.2 Å². The largest absolute Gasteiger partial charge is 0.493 e. The number of hydrogen-bond donors (Lipinski definition) is 2. The van der Waals surface area contributed by atoms with E-state index in [1.54, 1.807) is 0 Å². The second-order valence-corrected chi connectivity index (χ2v) is 6.17. The molecule has 1 amide bonds. The van der Waals surface area contributed by atoms with Gasteiger partial charge in [-0.25, -0.2) is 4.79 Å². The molecule has 7 nitrogen and oxygen atoms in total. The van der Waals surface area contributed by atoms with Crippen molar-refractivity contribution in [2.45, 2.75) is 25.8 Å². The van der Waals surface area contributed by atoms with Crippen LogP contribution >= 0.6 is 0 Å². The minimum Gasteiger partial charge on any atom is -0.493 e. The predicted octanol–water partition coefficient (Wildman–Crippen LogP) is 0.684. The van der Waals surface area contributed by atoms with Crippen molar-refractivity contribution < 1.29 is 9.53 Å². The molecule has 25 heavy (non-hydrogen) atoms. The van der Waals surface area contributed by atoms with Crippen LogP contribution in [0.3, 0.4) is 0 Å². The minimum atomic E-state index is -0.502. The van der Waals surface area contributed by atoms with E-state index in [1.807, 2.05) is 18.2 Å². The van der Waals surface area contributed by atoms with E-state index in [9.17, 15) is 14.4 Å². The molecule has 2 N–H and O–H groups in total. The second kappa shape index (κ2) is 7.83. The summed E-state index contributed by atoms with van der Waals surface area (Å²) in [5.41, 5.74) is 0.221. The summed E-state index contributed by atoms with van der Waals surface area (Å²) >= 11 is 0. The van der Waals surface area contributed by atoms with E-state index >= 15 is 0 Å². The predicted molar refractivity (Wildman–Crippen MR) is 92.7 cm³/mol. The number of aryl methyl sites for hydroxylation is 1. The van der Waals surface area contributed by atoms with Crippen LogP contribution < -0.4 is 21.3 Å². The van der Waals surface area contributed by atoms with Crippen molar-refractivity contribution in [2.24, 2.45) is 5.92 Å². The fourth-order valence-electron chi connectivity index (χ4n) is 2.92. The number of fused-ring (bicyclic) bond motifs is 1. The van der Waals surface area contributed by atoms with Gasteiger partial charge in [-0.15, -0.1) is 0 Å². The van der Waals surface area contributed by atoms with Gasteiger partial charge < -0.3 is 14.6 Å². The Bertz CT molecular complexity index is 856. The monoisotopic (exact) mass is 343 g/mol. The van der Waals surface area contributed by atoms with Crippen molar-refractivity contribution in [3.8, 4) is 5.75 Å². The Morgan fingerprint density at radius 2 is 2.12 bits per heavy atom. The first-order valence-electron chi connectivity index (χ1n) is 8.39. The van der Waals surface area contributed by atoms with Crippen LogP contribution in [-0.2, 0) is 17.8 Å². The highest BCUT2D eigenvalue weighted by atomic mass is 16.5. The molecule has 2 heterocycles. The van der Waals surface area contributed by atoms with Crippen LogP contribution in [-0.4, -0.2) is 28.6 Å². The summed E-state index contributed by atoms with van der Waals surface area (Å²) in [4.78, 5) is 36.8. The Morgan fingerprint density at radius 3 is 2.96 bits per heavy atom. The molecule has 2 aromatic rings. The van der Waals surface area contributed by atoms with E-state index in [1.165, 1.54) is 22.4 Å². The number of aromatic nitrogens is 2. The number of para-hydroxylation sites is 1. The molecular formula is C18H21N3O4. The van der Waals surface area contributed by atoms with Crippen LogP contribution in [0.5, 0.6) is 5.75 Å². The van der Waals surface area contributed by atoms with Crippen LogP contribution in [0.1, 0.15) is 18.4 Å². The van der Waals surface area contributed by atoms with Gasteiger partial charge in [0.2, 0.25) is 5.91 Å². The SMILES string of the molecule is O=C(CCn1ccc(=O)[nH]c1=O)NC[C@@H]1CCOc2ccccc2C1. The molecule has 0 unspecified atom stereocenters. The number of nitrogens with one attached hydrogen (secondary N) is 2. The number of rotatable bonds is 5. The highest BCUT2D eigenvalue weighted by Crippen LogP contribution is 2.26. The topological polar surface area (TPSA) is 93.2 Å². The molecule has 1 aromatic carbocycles. The van der Waals surface area contributed by atoms with Gasteiger partial charge in [0.25, 0.3) is 5.56 Å². The number of carbonyl (C=O) groups excluding carboxylic acids is 1. The van der Waals surface area contributed by atoms with Crippen molar-refractivity contribution in [1.82, 2.24) is 14.9 Å². The lowest BCUT2D eigenvalue weighted by Gasteiger charge is -2.14. The third kappa shape index (κ3) is 4.59. The fraction of sp³-hybridized carbons (Fsp3) is 0.389. The maximum absolute atomic E-state index is 12.0. The van der Waals surface area contributed by atoms with Crippen molar-refractivity contribution in [3.63, 3.8) is 0 Å². The van der Waals surface area contributed by atoms with E-state index in [-0.39, 0.29) is 18.9 Å². The Kier molecular flexibility index (Phi) is 5.33. The van der Waals surface area contributed by atoms with Gasteiger partial charge in [-0.2, -0.15) is 0 Å². The van der Waals surface area contributed by atoms with Gasteiger partial charge in [-0.05, 0) is 30.4 Å². The van der Waals surface area contributed by atoms with Crippen molar-refractivity contribution in [2.75, 3.05) is 13.2 Å². The number of carbonyl (C=O) groups is 1. The van der Waals surface area contributed by atoms with Crippen LogP contribution in [0.25, 0.3) is 0 Å². The number of ether oxygens (including phenoxy) is 1. The lowest BCUT2D eigenvalue weighted by molar-refractivity contribution is -0.121. The normalized spacial score (nSPS) is 16.4. The maximum atomic E-state index is 12.0. The molecule has 0 saturated heterocycles. The van der Waals surface area contributed by atoms with Gasteiger partial charge in [0.15, 0.2) is 0 Å². The molecule has 1 aliphatic rings. The molecule has 0 aliphatic carbocycles.